The predicted molar refractivity (Wildman–Crippen MR) is 96.9 cm³/mol. The second-order valence-corrected chi connectivity index (χ2v) is 8.94. The summed E-state index contributed by atoms with van der Waals surface area (Å²) in [4.78, 5) is 29.7. The lowest BCUT2D eigenvalue weighted by Crippen LogP contribution is -2.41. The highest BCUT2D eigenvalue weighted by atomic mass is 16.2. The summed E-state index contributed by atoms with van der Waals surface area (Å²) in [6.45, 7) is 6.96. The SMILES string of the molecule is CC1CCC(N2CC(C(=O)N3CC[C@@H]4CNC[C@@H]4CC3)CC2=O)CC1. The predicted octanol–water partition coefficient (Wildman–Crippen LogP) is 1.87. The van der Waals surface area contributed by atoms with Gasteiger partial charge in [0.05, 0.1) is 5.92 Å². The molecule has 0 spiro atoms. The first-order valence-electron chi connectivity index (χ1n) is 10.4. The van der Waals surface area contributed by atoms with Crippen molar-refractivity contribution in [1.29, 1.82) is 0 Å². The molecule has 1 saturated carbocycles. The molecule has 0 radical (unpaired) electrons. The minimum atomic E-state index is -0.0945. The Morgan fingerprint density at radius 1 is 1.00 bits per heavy atom. The van der Waals surface area contributed by atoms with Crippen LogP contribution in [0.4, 0.5) is 0 Å². The van der Waals surface area contributed by atoms with Crippen molar-refractivity contribution in [2.45, 2.75) is 57.9 Å². The molecule has 0 aromatic heterocycles. The zero-order valence-corrected chi connectivity index (χ0v) is 15.6. The van der Waals surface area contributed by atoms with Gasteiger partial charge in [-0.25, -0.2) is 0 Å². The van der Waals surface area contributed by atoms with Crippen LogP contribution in [0.3, 0.4) is 0 Å². The van der Waals surface area contributed by atoms with Crippen molar-refractivity contribution in [3.8, 4) is 0 Å². The van der Waals surface area contributed by atoms with Gasteiger partial charge in [0.2, 0.25) is 11.8 Å². The van der Waals surface area contributed by atoms with Crippen LogP contribution in [-0.2, 0) is 9.59 Å². The van der Waals surface area contributed by atoms with Crippen LogP contribution in [-0.4, -0.2) is 60.4 Å². The Labute approximate surface area is 151 Å². The Hall–Kier alpha value is -1.10. The van der Waals surface area contributed by atoms with Gasteiger partial charge < -0.3 is 15.1 Å². The van der Waals surface area contributed by atoms with Crippen LogP contribution in [0.5, 0.6) is 0 Å². The van der Waals surface area contributed by atoms with Crippen molar-refractivity contribution in [3.63, 3.8) is 0 Å². The number of hydrogen-bond donors (Lipinski definition) is 1. The molecule has 0 bridgehead atoms. The summed E-state index contributed by atoms with van der Waals surface area (Å²) in [5, 5.41) is 3.49. The number of nitrogens with zero attached hydrogens (tertiary/aromatic N) is 2. The monoisotopic (exact) mass is 347 g/mol. The summed E-state index contributed by atoms with van der Waals surface area (Å²) in [6.07, 6.45) is 7.35. The van der Waals surface area contributed by atoms with Gasteiger partial charge in [-0.3, -0.25) is 9.59 Å². The van der Waals surface area contributed by atoms with Gasteiger partial charge in [0, 0.05) is 32.1 Å². The summed E-state index contributed by atoms with van der Waals surface area (Å²) < 4.78 is 0. The number of likely N-dealkylation sites (tertiary alicyclic amines) is 2. The number of carbonyl (C=O) groups is 2. The minimum absolute atomic E-state index is 0.0945. The second-order valence-electron chi connectivity index (χ2n) is 8.94. The maximum atomic E-state index is 13.0. The van der Waals surface area contributed by atoms with Gasteiger partial charge in [-0.05, 0) is 69.4 Å². The van der Waals surface area contributed by atoms with E-state index in [9.17, 15) is 9.59 Å². The fourth-order valence-corrected chi connectivity index (χ4v) is 5.50. The minimum Gasteiger partial charge on any atom is -0.342 e. The molecule has 25 heavy (non-hydrogen) atoms. The standard InChI is InChI=1S/C20H33N3O2/c1-14-2-4-18(5-3-14)23-13-17(10-19(23)24)20(25)22-8-6-15-11-21-12-16(15)7-9-22/h14-18,21H,2-13H2,1H3/t14?,15-,16+,17?,18?. The third-order valence-electron chi connectivity index (χ3n) is 7.26. The van der Waals surface area contributed by atoms with E-state index in [-0.39, 0.29) is 17.7 Å². The third kappa shape index (κ3) is 3.57. The van der Waals surface area contributed by atoms with Crippen LogP contribution in [0.15, 0.2) is 0 Å². The largest absolute Gasteiger partial charge is 0.342 e. The first-order chi connectivity index (χ1) is 12.1. The highest BCUT2D eigenvalue weighted by molar-refractivity contribution is 5.89. The van der Waals surface area contributed by atoms with Gasteiger partial charge in [-0.2, -0.15) is 0 Å². The van der Waals surface area contributed by atoms with Crippen molar-refractivity contribution < 1.29 is 9.59 Å². The van der Waals surface area contributed by atoms with E-state index in [2.05, 4.69) is 17.1 Å². The van der Waals surface area contributed by atoms with Crippen molar-refractivity contribution in [3.05, 3.63) is 0 Å². The highest BCUT2D eigenvalue weighted by Gasteiger charge is 2.41. The average molecular weight is 348 g/mol. The second kappa shape index (κ2) is 7.26. The van der Waals surface area contributed by atoms with E-state index in [1.165, 1.54) is 12.8 Å². The lowest BCUT2D eigenvalue weighted by atomic mass is 9.86. The van der Waals surface area contributed by atoms with Crippen molar-refractivity contribution >= 4 is 11.8 Å². The van der Waals surface area contributed by atoms with E-state index >= 15 is 0 Å². The molecule has 0 aromatic carbocycles. The van der Waals surface area contributed by atoms with E-state index in [1.54, 1.807) is 0 Å². The Morgan fingerprint density at radius 3 is 2.28 bits per heavy atom. The third-order valence-corrected chi connectivity index (χ3v) is 7.26. The molecular weight excluding hydrogens is 314 g/mol. The molecule has 1 unspecified atom stereocenters. The zero-order chi connectivity index (χ0) is 17.4. The molecule has 2 amide bonds. The van der Waals surface area contributed by atoms with Gasteiger partial charge >= 0.3 is 0 Å². The fraction of sp³-hybridized carbons (Fsp3) is 0.900. The normalized spacial score (nSPS) is 39.4. The molecule has 5 nitrogen and oxygen atoms in total. The van der Waals surface area contributed by atoms with Crippen LogP contribution < -0.4 is 5.32 Å². The van der Waals surface area contributed by atoms with Crippen molar-refractivity contribution in [1.82, 2.24) is 15.1 Å². The molecule has 1 aliphatic carbocycles. The number of carbonyl (C=O) groups excluding carboxylic acids is 2. The van der Waals surface area contributed by atoms with Gasteiger partial charge in [-0.15, -0.1) is 0 Å². The molecule has 3 aliphatic heterocycles. The van der Waals surface area contributed by atoms with E-state index in [4.69, 9.17) is 0 Å². The number of fused-ring (bicyclic) bond motifs is 1. The molecule has 3 saturated heterocycles. The molecule has 0 aromatic rings. The van der Waals surface area contributed by atoms with Crippen LogP contribution in [0, 0.1) is 23.7 Å². The van der Waals surface area contributed by atoms with Gasteiger partial charge in [0.25, 0.3) is 0 Å². The first-order valence-corrected chi connectivity index (χ1v) is 10.4. The van der Waals surface area contributed by atoms with Crippen LogP contribution in [0.1, 0.15) is 51.9 Å². The molecule has 1 N–H and O–H groups in total. The van der Waals surface area contributed by atoms with Gasteiger partial charge in [-0.1, -0.05) is 6.92 Å². The topological polar surface area (TPSA) is 52.7 Å². The molecule has 140 valence electrons. The molecule has 3 heterocycles. The van der Waals surface area contributed by atoms with E-state index in [0.29, 0.717) is 19.0 Å². The lowest BCUT2D eigenvalue weighted by molar-refractivity contribution is -0.135. The highest BCUT2D eigenvalue weighted by Crippen LogP contribution is 2.33. The number of hydrogen-bond acceptors (Lipinski definition) is 3. The van der Waals surface area contributed by atoms with Crippen LogP contribution in [0.2, 0.25) is 0 Å². The molecule has 3 atom stereocenters. The van der Waals surface area contributed by atoms with Gasteiger partial charge in [0.15, 0.2) is 0 Å². The molecule has 4 fully saturated rings. The summed E-state index contributed by atoms with van der Waals surface area (Å²) >= 11 is 0. The number of amides is 2. The Balaban J connectivity index is 1.34. The Bertz CT molecular complexity index is 501. The fourth-order valence-electron chi connectivity index (χ4n) is 5.50. The maximum absolute atomic E-state index is 13.0. The van der Waals surface area contributed by atoms with Gasteiger partial charge in [0.1, 0.15) is 0 Å². The summed E-state index contributed by atoms with van der Waals surface area (Å²) in [6, 6.07) is 0.385. The quantitative estimate of drug-likeness (QED) is 0.830. The summed E-state index contributed by atoms with van der Waals surface area (Å²) in [5.41, 5.74) is 0. The van der Waals surface area contributed by atoms with E-state index in [0.717, 1.165) is 69.6 Å². The van der Waals surface area contributed by atoms with Crippen molar-refractivity contribution in [2.75, 3.05) is 32.7 Å². The van der Waals surface area contributed by atoms with Crippen LogP contribution >= 0.6 is 0 Å². The van der Waals surface area contributed by atoms with Crippen molar-refractivity contribution in [2.24, 2.45) is 23.7 Å². The first kappa shape index (κ1) is 17.3. The smallest absolute Gasteiger partial charge is 0.227 e. The lowest BCUT2D eigenvalue weighted by Gasteiger charge is -2.34. The van der Waals surface area contributed by atoms with E-state index < -0.39 is 0 Å². The zero-order valence-electron chi connectivity index (χ0n) is 15.6. The number of nitrogens with one attached hydrogen (secondary N) is 1. The molecule has 4 aliphatic rings. The summed E-state index contributed by atoms with van der Waals surface area (Å²) in [7, 11) is 0. The summed E-state index contributed by atoms with van der Waals surface area (Å²) in [5.74, 6) is 2.63. The maximum Gasteiger partial charge on any atom is 0.227 e. The Morgan fingerprint density at radius 2 is 1.64 bits per heavy atom. The average Bonchev–Trinajstić information content (AvgIpc) is 3.17. The molecule has 5 heteroatoms. The number of rotatable bonds is 2. The molecule has 4 rings (SSSR count). The Kier molecular flexibility index (Phi) is 5.03. The van der Waals surface area contributed by atoms with Crippen LogP contribution in [0.25, 0.3) is 0 Å². The molecular formula is C20H33N3O2. The van der Waals surface area contributed by atoms with E-state index in [1.807, 2.05) is 4.90 Å².